The normalized spacial score (nSPS) is 13.1. The zero-order valence-corrected chi connectivity index (χ0v) is 32.9. The number of rotatable bonds is 5. The molecule has 1 heterocycles. The van der Waals surface area contributed by atoms with Crippen molar-refractivity contribution >= 4 is 71.3 Å². The first-order valence-corrected chi connectivity index (χ1v) is 20.5. The van der Waals surface area contributed by atoms with Crippen LogP contribution in [0.3, 0.4) is 0 Å². The largest absolute Gasteiger partial charge is 0.455 e. The van der Waals surface area contributed by atoms with Gasteiger partial charge < -0.3 is 9.32 Å². The summed E-state index contributed by atoms with van der Waals surface area (Å²) in [6.07, 6.45) is 0. The molecule has 11 aromatic rings. The number of para-hydroxylation sites is 1. The van der Waals surface area contributed by atoms with Gasteiger partial charge in [-0.25, -0.2) is 0 Å². The summed E-state index contributed by atoms with van der Waals surface area (Å²) >= 11 is 0. The lowest BCUT2D eigenvalue weighted by Crippen LogP contribution is -2.21. The van der Waals surface area contributed by atoms with Gasteiger partial charge in [0.15, 0.2) is 0 Å². The highest BCUT2D eigenvalue weighted by atomic mass is 16.3. The quantitative estimate of drug-likeness (QED) is 0.163. The van der Waals surface area contributed by atoms with E-state index in [1.165, 1.54) is 66.0 Å². The molecule has 1 aliphatic carbocycles. The maximum Gasteiger partial charge on any atom is 0.143 e. The Morgan fingerprint density at radius 3 is 1.86 bits per heavy atom. The van der Waals surface area contributed by atoms with Crippen molar-refractivity contribution in [1.29, 1.82) is 0 Å². The van der Waals surface area contributed by atoms with Gasteiger partial charge in [-0.15, -0.1) is 0 Å². The molecule has 2 heteroatoms. The first-order valence-electron chi connectivity index (χ1n) is 20.5. The molecule has 2 nitrogen and oxygen atoms in total. The smallest absolute Gasteiger partial charge is 0.143 e. The fraction of sp³-hybridized carbons (Fsp3) is 0.0526. The van der Waals surface area contributed by atoms with Gasteiger partial charge in [0.05, 0.1) is 11.4 Å². The maximum absolute atomic E-state index is 6.56. The van der Waals surface area contributed by atoms with E-state index in [2.05, 4.69) is 219 Å². The molecule has 0 amide bonds. The molecule has 0 radical (unpaired) electrons. The van der Waals surface area contributed by atoms with Crippen LogP contribution in [0.2, 0.25) is 0 Å². The number of hydrogen-bond acceptors (Lipinski definition) is 2. The van der Waals surface area contributed by atoms with Crippen molar-refractivity contribution in [1.82, 2.24) is 0 Å². The lowest BCUT2D eigenvalue weighted by Gasteiger charge is -2.33. The van der Waals surface area contributed by atoms with Crippen molar-refractivity contribution in [3.63, 3.8) is 0 Å². The van der Waals surface area contributed by atoms with Crippen LogP contribution in [0.15, 0.2) is 205 Å². The van der Waals surface area contributed by atoms with Crippen LogP contribution >= 0.6 is 0 Å². The van der Waals surface area contributed by atoms with Crippen molar-refractivity contribution in [3.05, 3.63) is 211 Å². The molecule has 59 heavy (non-hydrogen) atoms. The maximum atomic E-state index is 6.56. The van der Waals surface area contributed by atoms with E-state index < -0.39 is 0 Å². The first-order chi connectivity index (χ1) is 29.0. The highest BCUT2D eigenvalue weighted by Gasteiger charge is 2.39. The molecule has 1 aromatic heterocycles. The summed E-state index contributed by atoms with van der Waals surface area (Å²) in [4.78, 5) is 2.49. The fourth-order valence-electron chi connectivity index (χ4n) is 9.99. The second-order valence-corrected chi connectivity index (χ2v) is 16.5. The van der Waals surface area contributed by atoms with Crippen molar-refractivity contribution in [2.24, 2.45) is 0 Å². The Labute approximate surface area is 343 Å². The van der Waals surface area contributed by atoms with E-state index in [-0.39, 0.29) is 5.41 Å². The van der Waals surface area contributed by atoms with Crippen molar-refractivity contribution in [2.45, 2.75) is 19.3 Å². The second-order valence-electron chi connectivity index (χ2n) is 16.5. The Morgan fingerprint density at radius 1 is 0.390 bits per heavy atom. The van der Waals surface area contributed by atoms with E-state index in [0.717, 1.165) is 49.8 Å². The average molecular weight is 754 g/mol. The molecule has 0 aliphatic heterocycles. The van der Waals surface area contributed by atoms with Gasteiger partial charge in [0.2, 0.25) is 0 Å². The molecule has 0 bridgehead atoms. The Hall–Kier alpha value is -7.42. The molecular weight excluding hydrogens is 715 g/mol. The molecule has 0 saturated carbocycles. The predicted molar refractivity (Wildman–Crippen MR) is 249 cm³/mol. The molecule has 0 unspecified atom stereocenters. The molecule has 12 rings (SSSR count). The fourth-order valence-corrected chi connectivity index (χ4v) is 9.99. The summed E-state index contributed by atoms with van der Waals surface area (Å²) in [5.74, 6) is 0. The van der Waals surface area contributed by atoms with E-state index in [9.17, 15) is 0 Å². The summed E-state index contributed by atoms with van der Waals surface area (Å²) < 4.78 is 6.56. The van der Waals surface area contributed by atoms with Crippen molar-refractivity contribution in [2.75, 3.05) is 4.90 Å². The topological polar surface area (TPSA) is 16.4 Å². The van der Waals surface area contributed by atoms with Crippen LogP contribution in [0.5, 0.6) is 0 Å². The van der Waals surface area contributed by atoms with Crippen molar-refractivity contribution in [3.8, 4) is 33.4 Å². The Morgan fingerprint density at radius 2 is 1.00 bits per heavy atom. The number of anilines is 3. The number of fused-ring (bicyclic) bond motifs is 11. The standard InChI is InChI=1S/C57H39NO/c1-57(2)51-19-9-7-17-47(51)48-18-11-21-53(55(48)57)58(42-29-24-36(25-30-42)39-27-31-44-40(34-39)23-22-37-12-3-5-14-43(37)44)52-20-10-8-15-45(52)41-28-33-54-50(35-41)49-32-26-38-13-4-6-16-46(38)56(49)59-54/h3-35H,1-2H3. The van der Waals surface area contributed by atoms with Crippen LogP contribution in [0, 0.1) is 0 Å². The lowest BCUT2D eigenvalue weighted by molar-refractivity contribution is 0.661. The molecule has 278 valence electrons. The van der Waals surface area contributed by atoms with Crippen LogP contribution < -0.4 is 4.90 Å². The summed E-state index contributed by atoms with van der Waals surface area (Å²) in [6.45, 7) is 4.75. The SMILES string of the molecule is CC1(C)c2ccccc2-c2cccc(N(c3ccc(-c4ccc5c(ccc6ccccc65)c4)cc3)c3ccccc3-c3ccc4oc5c6ccccc6ccc5c4c3)c21. The zero-order valence-electron chi connectivity index (χ0n) is 32.9. The van der Waals surface area contributed by atoms with E-state index in [0.29, 0.717) is 0 Å². The monoisotopic (exact) mass is 753 g/mol. The summed E-state index contributed by atoms with van der Waals surface area (Å²) in [6, 6.07) is 73.3. The molecule has 0 N–H and O–H groups in total. The number of hydrogen-bond donors (Lipinski definition) is 0. The summed E-state index contributed by atoms with van der Waals surface area (Å²) in [5, 5.41) is 9.65. The Balaban J connectivity index is 1.04. The highest BCUT2D eigenvalue weighted by molar-refractivity contribution is 6.16. The molecule has 0 spiro atoms. The number of furan rings is 1. The van der Waals surface area contributed by atoms with E-state index in [1.807, 2.05) is 0 Å². The average Bonchev–Trinajstić information content (AvgIpc) is 3.78. The number of benzene rings is 10. The molecule has 0 fully saturated rings. The Bertz CT molecular complexity index is 3480. The third kappa shape index (κ3) is 5.13. The van der Waals surface area contributed by atoms with Crippen molar-refractivity contribution < 1.29 is 4.42 Å². The van der Waals surface area contributed by atoms with E-state index in [4.69, 9.17) is 4.42 Å². The first kappa shape index (κ1) is 33.7. The minimum absolute atomic E-state index is 0.206. The van der Waals surface area contributed by atoms with Gasteiger partial charge >= 0.3 is 0 Å². The second kappa shape index (κ2) is 12.8. The third-order valence-corrected chi connectivity index (χ3v) is 12.8. The molecule has 0 atom stereocenters. The van der Waals surface area contributed by atoms with Gasteiger partial charge in [-0.3, -0.25) is 0 Å². The van der Waals surface area contributed by atoms with Gasteiger partial charge in [0.1, 0.15) is 11.2 Å². The minimum Gasteiger partial charge on any atom is -0.455 e. The molecular formula is C57H39NO. The van der Waals surface area contributed by atoms with Gasteiger partial charge in [-0.1, -0.05) is 166 Å². The summed E-state index contributed by atoms with van der Waals surface area (Å²) in [7, 11) is 0. The minimum atomic E-state index is -0.206. The number of nitrogens with zero attached hydrogens (tertiary/aromatic N) is 1. The zero-order chi connectivity index (χ0) is 39.2. The molecule has 10 aromatic carbocycles. The van der Waals surface area contributed by atoms with Crippen LogP contribution in [0.1, 0.15) is 25.0 Å². The highest BCUT2D eigenvalue weighted by Crippen LogP contribution is 2.55. The van der Waals surface area contributed by atoms with Gasteiger partial charge in [-0.2, -0.15) is 0 Å². The van der Waals surface area contributed by atoms with E-state index in [1.54, 1.807) is 0 Å². The van der Waals surface area contributed by atoms with Crippen LogP contribution in [0.25, 0.3) is 87.6 Å². The third-order valence-electron chi connectivity index (χ3n) is 12.8. The van der Waals surface area contributed by atoms with Gasteiger partial charge in [0, 0.05) is 32.8 Å². The van der Waals surface area contributed by atoms with Crippen LogP contribution in [-0.4, -0.2) is 0 Å². The molecule has 0 saturated heterocycles. The lowest BCUT2D eigenvalue weighted by atomic mass is 9.81. The summed E-state index contributed by atoms with van der Waals surface area (Å²) in [5.41, 5.74) is 15.0. The Kier molecular flexibility index (Phi) is 7.31. The van der Waals surface area contributed by atoms with E-state index >= 15 is 0 Å². The van der Waals surface area contributed by atoms with Crippen LogP contribution in [0.4, 0.5) is 17.1 Å². The predicted octanol–water partition coefficient (Wildman–Crippen LogP) is 16.2. The van der Waals surface area contributed by atoms with Gasteiger partial charge in [-0.05, 0) is 114 Å². The van der Waals surface area contributed by atoms with Gasteiger partial charge in [0.25, 0.3) is 0 Å². The van der Waals surface area contributed by atoms with Crippen LogP contribution in [-0.2, 0) is 5.41 Å². The molecule has 1 aliphatic rings.